The Kier molecular flexibility index (Phi) is 5.19. The standard InChI is InChI=1S/C18H24N4O3S2/c19-27(24,25)22-10-7-13(8-11-22)18(23)21-9-3-4-14(12-21)17-20-15-5-1-2-6-16(15)26-17/h1-2,5-6,13-14H,3-4,7-12H2,(H2,19,24,25). The van der Waals surface area contributed by atoms with Crippen molar-refractivity contribution in [1.82, 2.24) is 14.2 Å². The SMILES string of the molecule is NS(=O)(=O)N1CCC(C(=O)N2CCCC(c3nc4ccccc4s3)C2)CC1. The molecular formula is C18H24N4O3S2. The van der Waals surface area contributed by atoms with E-state index in [4.69, 9.17) is 10.1 Å². The molecule has 146 valence electrons. The Labute approximate surface area is 163 Å². The summed E-state index contributed by atoms with van der Waals surface area (Å²) < 4.78 is 25.3. The second-order valence-electron chi connectivity index (χ2n) is 7.36. The van der Waals surface area contributed by atoms with E-state index in [1.165, 1.54) is 9.01 Å². The Balaban J connectivity index is 1.41. The molecule has 0 bridgehead atoms. The average Bonchev–Trinajstić information content (AvgIpc) is 3.11. The number of amides is 1. The first-order valence-corrected chi connectivity index (χ1v) is 11.7. The van der Waals surface area contributed by atoms with Gasteiger partial charge in [-0.1, -0.05) is 12.1 Å². The van der Waals surface area contributed by atoms with Crippen LogP contribution in [0.1, 0.15) is 36.6 Å². The van der Waals surface area contributed by atoms with Gasteiger partial charge in [0.2, 0.25) is 5.91 Å². The highest BCUT2D eigenvalue weighted by Gasteiger charge is 2.34. The number of carbonyl (C=O) groups excluding carboxylic acids is 1. The second kappa shape index (κ2) is 7.46. The molecule has 1 unspecified atom stereocenters. The molecule has 2 saturated heterocycles. The Hall–Kier alpha value is -1.55. The minimum absolute atomic E-state index is 0.114. The summed E-state index contributed by atoms with van der Waals surface area (Å²) in [4.78, 5) is 19.7. The Morgan fingerprint density at radius 2 is 1.89 bits per heavy atom. The second-order valence-corrected chi connectivity index (χ2v) is 9.97. The van der Waals surface area contributed by atoms with Crippen LogP contribution in [-0.2, 0) is 15.0 Å². The predicted octanol–water partition coefficient (Wildman–Crippen LogP) is 1.92. The van der Waals surface area contributed by atoms with Gasteiger partial charge in [0.25, 0.3) is 10.2 Å². The van der Waals surface area contributed by atoms with Crippen LogP contribution in [0.5, 0.6) is 0 Å². The van der Waals surface area contributed by atoms with Crippen LogP contribution in [-0.4, -0.2) is 54.7 Å². The van der Waals surface area contributed by atoms with Crippen molar-refractivity contribution < 1.29 is 13.2 Å². The van der Waals surface area contributed by atoms with Crippen molar-refractivity contribution in [2.75, 3.05) is 26.2 Å². The van der Waals surface area contributed by atoms with E-state index in [1.807, 2.05) is 23.1 Å². The molecule has 27 heavy (non-hydrogen) atoms. The van der Waals surface area contributed by atoms with Gasteiger partial charge in [0.1, 0.15) is 0 Å². The van der Waals surface area contributed by atoms with Crippen molar-refractivity contribution in [3.8, 4) is 0 Å². The number of benzene rings is 1. The average molecular weight is 409 g/mol. The van der Waals surface area contributed by atoms with Gasteiger partial charge in [0.05, 0.1) is 15.2 Å². The quantitative estimate of drug-likeness (QED) is 0.839. The Morgan fingerprint density at radius 1 is 1.15 bits per heavy atom. The third-order valence-corrected chi connectivity index (χ3v) is 7.84. The smallest absolute Gasteiger partial charge is 0.276 e. The number of hydrogen-bond donors (Lipinski definition) is 1. The highest BCUT2D eigenvalue weighted by Crippen LogP contribution is 2.34. The number of rotatable bonds is 3. The van der Waals surface area contributed by atoms with Crippen LogP contribution in [0.2, 0.25) is 0 Å². The number of likely N-dealkylation sites (tertiary alicyclic amines) is 1. The van der Waals surface area contributed by atoms with Gasteiger partial charge in [-0.05, 0) is 37.8 Å². The number of nitrogens with two attached hydrogens (primary N) is 1. The maximum Gasteiger partial charge on any atom is 0.276 e. The highest BCUT2D eigenvalue weighted by atomic mass is 32.2. The summed E-state index contributed by atoms with van der Waals surface area (Å²) >= 11 is 1.72. The molecule has 2 aromatic rings. The predicted molar refractivity (Wildman–Crippen MR) is 106 cm³/mol. The lowest BCUT2D eigenvalue weighted by Gasteiger charge is -2.36. The van der Waals surface area contributed by atoms with Crippen molar-refractivity contribution in [2.45, 2.75) is 31.6 Å². The van der Waals surface area contributed by atoms with Gasteiger partial charge in [-0.3, -0.25) is 4.79 Å². The molecule has 9 heteroatoms. The molecule has 1 aromatic heterocycles. The van der Waals surface area contributed by atoms with Crippen molar-refractivity contribution in [3.63, 3.8) is 0 Å². The maximum atomic E-state index is 13.0. The van der Waals surface area contributed by atoms with Crippen LogP contribution < -0.4 is 5.14 Å². The number of hydrogen-bond acceptors (Lipinski definition) is 5. The molecule has 1 aromatic carbocycles. The lowest BCUT2D eigenvalue weighted by molar-refractivity contribution is -0.138. The van der Waals surface area contributed by atoms with E-state index in [2.05, 4.69) is 6.07 Å². The third kappa shape index (κ3) is 4.01. The first-order valence-electron chi connectivity index (χ1n) is 9.34. The summed E-state index contributed by atoms with van der Waals surface area (Å²) in [6.07, 6.45) is 3.10. The molecule has 7 nitrogen and oxygen atoms in total. The molecule has 0 spiro atoms. The summed E-state index contributed by atoms with van der Waals surface area (Å²) in [6, 6.07) is 8.13. The lowest BCUT2D eigenvalue weighted by atomic mass is 9.93. The zero-order valence-electron chi connectivity index (χ0n) is 15.1. The zero-order chi connectivity index (χ0) is 19.0. The lowest BCUT2D eigenvalue weighted by Crippen LogP contribution is -2.48. The summed E-state index contributed by atoms with van der Waals surface area (Å²) in [5, 5.41) is 6.30. The molecule has 0 radical (unpaired) electrons. The summed E-state index contributed by atoms with van der Waals surface area (Å²) in [5.74, 6) is 0.316. The number of thiazole rings is 1. The van der Waals surface area contributed by atoms with Crippen LogP contribution in [0.3, 0.4) is 0 Å². The monoisotopic (exact) mass is 408 g/mol. The molecule has 0 saturated carbocycles. The fourth-order valence-corrected chi connectivity index (χ4v) is 5.87. The molecular weight excluding hydrogens is 384 g/mol. The molecule has 1 amide bonds. The molecule has 0 aliphatic carbocycles. The minimum Gasteiger partial charge on any atom is -0.342 e. The molecule has 2 aliphatic heterocycles. The van der Waals surface area contributed by atoms with Gasteiger partial charge in [-0.15, -0.1) is 11.3 Å². The maximum absolute atomic E-state index is 13.0. The first-order chi connectivity index (χ1) is 12.9. The number of aromatic nitrogens is 1. The van der Waals surface area contributed by atoms with Crippen LogP contribution >= 0.6 is 11.3 Å². The molecule has 2 fully saturated rings. The molecule has 4 rings (SSSR count). The molecule has 2 N–H and O–H groups in total. The van der Waals surface area contributed by atoms with E-state index in [0.717, 1.165) is 29.9 Å². The largest absolute Gasteiger partial charge is 0.342 e. The normalized spacial score (nSPS) is 23.0. The van der Waals surface area contributed by atoms with E-state index < -0.39 is 10.2 Å². The van der Waals surface area contributed by atoms with Gasteiger partial charge in [-0.2, -0.15) is 12.7 Å². The van der Waals surface area contributed by atoms with Crippen molar-refractivity contribution >= 4 is 37.7 Å². The van der Waals surface area contributed by atoms with E-state index in [1.54, 1.807) is 11.3 Å². The van der Waals surface area contributed by atoms with Gasteiger partial charge in [0.15, 0.2) is 0 Å². The fourth-order valence-electron chi connectivity index (χ4n) is 4.06. The van der Waals surface area contributed by atoms with Crippen LogP contribution in [0.4, 0.5) is 0 Å². The molecule has 2 aliphatic rings. The van der Waals surface area contributed by atoms with Crippen LogP contribution in [0.25, 0.3) is 10.2 Å². The summed E-state index contributed by atoms with van der Waals surface area (Å²) in [7, 11) is -3.66. The van der Waals surface area contributed by atoms with Crippen LogP contribution in [0, 0.1) is 5.92 Å². The van der Waals surface area contributed by atoms with E-state index in [9.17, 15) is 13.2 Å². The van der Waals surface area contributed by atoms with Gasteiger partial charge < -0.3 is 4.90 Å². The van der Waals surface area contributed by atoms with E-state index in [0.29, 0.717) is 32.5 Å². The third-order valence-electron chi connectivity index (χ3n) is 5.56. The number of fused-ring (bicyclic) bond motifs is 1. The van der Waals surface area contributed by atoms with Gasteiger partial charge in [0, 0.05) is 38.0 Å². The number of piperidine rings is 2. The van der Waals surface area contributed by atoms with E-state index >= 15 is 0 Å². The number of para-hydroxylation sites is 1. The van der Waals surface area contributed by atoms with Crippen molar-refractivity contribution in [2.24, 2.45) is 11.1 Å². The van der Waals surface area contributed by atoms with E-state index in [-0.39, 0.29) is 17.7 Å². The number of carbonyl (C=O) groups is 1. The highest BCUT2D eigenvalue weighted by molar-refractivity contribution is 7.86. The Morgan fingerprint density at radius 3 is 2.59 bits per heavy atom. The molecule has 1 atom stereocenters. The van der Waals surface area contributed by atoms with Gasteiger partial charge in [-0.25, -0.2) is 10.1 Å². The Bertz CT molecular complexity index is 902. The molecule has 3 heterocycles. The summed E-state index contributed by atoms with van der Waals surface area (Å²) in [6.45, 7) is 2.12. The minimum atomic E-state index is -3.66. The van der Waals surface area contributed by atoms with Gasteiger partial charge >= 0.3 is 0 Å². The van der Waals surface area contributed by atoms with Crippen molar-refractivity contribution in [3.05, 3.63) is 29.3 Å². The van der Waals surface area contributed by atoms with Crippen molar-refractivity contribution in [1.29, 1.82) is 0 Å². The summed E-state index contributed by atoms with van der Waals surface area (Å²) in [5.41, 5.74) is 1.02. The first kappa shape index (κ1) is 18.8. The zero-order valence-corrected chi connectivity index (χ0v) is 16.7. The van der Waals surface area contributed by atoms with Crippen LogP contribution in [0.15, 0.2) is 24.3 Å². The topological polar surface area (TPSA) is 96.6 Å². The fraction of sp³-hybridized carbons (Fsp3) is 0.556. The number of nitrogens with zero attached hydrogens (tertiary/aromatic N) is 3.